The molecule has 0 aliphatic heterocycles. The molecule has 0 radical (unpaired) electrons. The number of fused-ring (bicyclic) bond motifs is 1. The van der Waals surface area contributed by atoms with Crippen LogP contribution in [0.1, 0.15) is 45.8 Å². The quantitative estimate of drug-likeness (QED) is 0.859. The van der Waals surface area contributed by atoms with Gasteiger partial charge in [-0.1, -0.05) is 24.3 Å². The molecule has 3 rings (SSSR count). The number of hydrogen-bond donors (Lipinski definition) is 1. The molecule has 0 atom stereocenters. The molecular weight excluding hydrogens is 264 g/mol. The first kappa shape index (κ1) is 13.6. The largest absolute Gasteiger partial charge is 0.466 e. The maximum atomic E-state index is 12.2. The zero-order valence-corrected chi connectivity index (χ0v) is 12.3. The molecule has 1 aliphatic rings. The van der Waals surface area contributed by atoms with E-state index in [-0.39, 0.29) is 5.91 Å². The lowest BCUT2D eigenvalue weighted by atomic mass is 9.90. The number of hydrogen-bond acceptors (Lipinski definition) is 3. The molecule has 1 aromatic heterocycles. The lowest BCUT2D eigenvalue weighted by molar-refractivity contribution is 0.0953. The summed E-state index contributed by atoms with van der Waals surface area (Å²) in [7, 11) is 0. The van der Waals surface area contributed by atoms with Crippen LogP contribution in [-0.2, 0) is 6.42 Å². The van der Waals surface area contributed by atoms with Crippen molar-refractivity contribution in [1.82, 2.24) is 5.43 Å². The molecule has 0 saturated heterocycles. The number of hydrazone groups is 1. The third-order valence-electron chi connectivity index (χ3n) is 3.77. The van der Waals surface area contributed by atoms with Crippen molar-refractivity contribution in [2.24, 2.45) is 5.10 Å². The molecule has 2 aromatic rings. The Hall–Kier alpha value is -2.36. The predicted molar refractivity (Wildman–Crippen MR) is 81.6 cm³/mol. The van der Waals surface area contributed by atoms with Crippen LogP contribution in [0, 0.1) is 13.8 Å². The lowest BCUT2D eigenvalue weighted by Crippen LogP contribution is -2.22. The van der Waals surface area contributed by atoms with Crippen molar-refractivity contribution in [3.05, 3.63) is 58.5 Å². The summed E-state index contributed by atoms with van der Waals surface area (Å²) in [4.78, 5) is 12.2. The summed E-state index contributed by atoms with van der Waals surface area (Å²) in [6, 6.07) is 9.96. The molecule has 0 saturated carbocycles. The van der Waals surface area contributed by atoms with E-state index >= 15 is 0 Å². The molecular formula is C17H18N2O2. The van der Waals surface area contributed by atoms with Gasteiger partial charge < -0.3 is 4.42 Å². The van der Waals surface area contributed by atoms with Crippen LogP contribution < -0.4 is 5.43 Å². The number of carbonyl (C=O) groups is 1. The first-order valence-corrected chi connectivity index (χ1v) is 7.17. The third-order valence-corrected chi connectivity index (χ3v) is 3.77. The van der Waals surface area contributed by atoms with Gasteiger partial charge in [-0.05, 0) is 44.7 Å². The van der Waals surface area contributed by atoms with Gasteiger partial charge >= 0.3 is 0 Å². The zero-order chi connectivity index (χ0) is 14.8. The fourth-order valence-electron chi connectivity index (χ4n) is 2.75. The van der Waals surface area contributed by atoms with E-state index in [1.165, 1.54) is 5.56 Å². The minimum atomic E-state index is -0.222. The van der Waals surface area contributed by atoms with Gasteiger partial charge in [0.15, 0.2) is 0 Å². The van der Waals surface area contributed by atoms with Gasteiger partial charge in [-0.3, -0.25) is 4.79 Å². The topological polar surface area (TPSA) is 54.6 Å². The van der Waals surface area contributed by atoms with Gasteiger partial charge in [-0.2, -0.15) is 5.10 Å². The highest BCUT2D eigenvalue weighted by Gasteiger charge is 2.16. The molecule has 4 heteroatoms. The summed E-state index contributed by atoms with van der Waals surface area (Å²) in [5.41, 5.74) is 6.58. The number of benzene rings is 1. The SMILES string of the molecule is Cc1cc(C(=O)N/N=C2/CCCc3ccccc32)c(C)o1. The molecule has 108 valence electrons. The van der Waals surface area contributed by atoms with Crippen molar-refractivity contribution in [3.8, 4) is 0 Å². The Balaban J connectivity index is 1.81. The Labute approximate surface area is 123 Å². The normalized spacial score (nSPS) is 15.8. The average Bonchev–Trinajstić information content (AvgIpc) is 2.83. The second kappa shape index (κ2) is 5.56. The van der Waals surface area contributed by atoms with E-state index in [1.54, 1.807) is 13.0 Å². The fourth-order valence-corrected chi connectivity index (χ4v) is 2.75. The maximum absolute atomic E-state index is 12.2. The highest BCUT2D eigenvalue weighted by atomic mass is 16.3. The summed E-state index contributed by atoms with van der Waals surface area (Å²) in [6.45, 7) is 3.61. The Kier molecular flexibility index (Phi) is 3.60. The van der Waals surface area contributed by atoms with E-state index in [2.05, 4.69) is 22.7 Å². The monoisotopic (exact) mass is 282 g/mol. The first-order valence-electron chi connectivity index (χ1n) is 7.17. The van der Waals surface area contributed by atoms with E-state index in [0.29, 0.717) is 11.3 Å². The second-order valence-corrected chi connectivity index (χ2v) is 5.34. The average molecular weight is 282 g/mol. The molecule has 4 nitrogen and oxygen atoms in total. The summed E-state index contributed by atoms with van der Waals surface area (Å²) in [5, 5.41) is 4.33. The molecule has 1 aromatic carbocycles. The van der Waals surface area contributed by atoms with Crippen LogP contribution in [0.5, 0.6) is 0 Å². The highest BCUT2D eigenvalue weighted by molar-refractivity contribution is 6.04. The Bertz CT molecular complexity index is 713. The van der Waals surface area contributed by atoms with Crippen LogP contribution in [-0.4, -0.2) is 11.6 Å². The minimum absolute atomic E-state index is 0.222. The summed E-state index contributed by atoms with van der Waals surface area (Å²) in [5.74, 6) is 1.13. The van der Waals surface area contributed by atoms with Crippen LogP contribution in [0.15, 0.2) is 39.9 Å². The molecule has 21 heavy (non-hydrogen) atoms. The maximum Gasteiger partial charge on any atom is 0.274 e. The fraction of sp³-hybridized carbons (Fsp3) is 0.294. The number of furan rings is 1. The van der Waals surface area contributed by atoms with E-state index in [9.17, 15) is 4.79 Å². The highest BCUT2D eigenvalue weighted by Crippen LogP contribution is 2.21. The van der Waals surface area contributed by atoms with Crippen LogP contribution in [0.25, 0.3) is 0 Å². The molecule has 1 aliphatic carbocycles. The van der Waals surface area contributed by atoms with E-state index < -0.39 is 0 Å². The minimum Gasteiger partial charge on any atom is -0.466 e. The van der Waals surface area contributed by atoms with E-state index in [1.807, 2.05) is 19.1 Å². The molecule has 0 fully saturated rings. The summed E-state index contributed by atoms with van der Waals surface area (Å²) in [6.07, 6.45) is 3.03. The Morgan fingerprint density at radius 2 is 2.05 bits per heavy atom. The van der Waals surface area contributed by atoms with Gasteiger partial charge in [0.1, 0.15) is 11.5 Å². The van der Waals surface area contributed by atoms with Gasteiger partial charge in [-0.25, -0.2) is 5.43 Å². The number of nitrogens with zero attached hydrogens (tertiary/aromatic N) is 1. The molecule has 1 N–H and O–H groups in total. The van der Waals surface area contributed by atoms with Crippen molar-refractivity contribution >= 4 is 11.6 Å². The Morgan fingerprint density at radius 1 is 1.24 bits per heavy atom. The van der Waals surface area contributed by atoms with Crippen LogP contribution in [0.4, 0.5) is 0 Å². The van der Waals surface area contributed by atoms with Crippen molar-refractivity contribution in [3.63, 3.8) is 0 Å². The third kappa shape index (κ3) is 2.75. The number of carbonyl (C=O) groups excluding carboxylic acids is 1. The predicted octanol–water partition coefficient (Wildman–Crippen LogP) is 3.37. The molecule has 0 spiro atoms. The number of rotatable bonds is 2. The van der Waals surface area contributed by atoms with Gasteiger partial charge in [-0.15, -0.1) is 0 Å². The van der Waals surface area contributed by atoms with Crippen molar-refractivity contribution in [2.75, 3.05) is 0 Å². The summed E-state index contributed by atoms with van der Waals surface area (Å²) >= 11 is 0. The lowest BCUT2D eigenvalue weighted by Gasteiger charge is -2.17. The van der Waals surface area contributed by atoms with Gasteiger partial charge in [0.2, 0.25) is 0 Å². The van der Waals surface area contributed by atoms with Crippen molar-refractivity contribution < 1.29 is 9.21 Å². The second-order valence-electron chi connectivity index (χ2n) is 5.34. The van der Waals surface area contributed by atoms with Gasteiger partial charge in [0.05, 0.1) is 11.3 Å². The number of nitrogens with one attached hydrogen (secondary N) is 1. The molecule has 1 heterocycles. The smallest absolute Gasteiger partial charge is 0.274 e. The molecule has 1 amide bonds. The summed E-state index contributed by atoms with van der Waals surface area (Å²) < 4.78 is 5.37. The zero-order valence-electron chi connectivity index (χ0n) is 12.3. The van der Waals surface area contributed by atoms with E-state index in [4.69, 9.17) is 4.42 Å². The van der Waals surface area contributed by atoms with Crippen molar-refractivity contribution in [2.45, 2.75) is 33.1 Å². The number of amides is 1. The van der Waals surface area contributed by atoms with Gasteiger partial charge in [0, 0.05) is 5.56 Å². The molecule has 0 bridgehead atoms. The number of aryl methyl sites for hydroxylation is 3. The molecule has 0 unspecified atom stereocenters. The first-order chi connectivity index (χ1) is 10.1. The van der Waals surface area contributed by atoms with Crippen LogP contribution >= 0.6 is 0 Å². The standard InChI is InChI=1S/C17H18N2O2/c1-11-10-15(12(2)21-11)17(20)19-18-16-9-5-7-13-6-3-4-8-14(13)16/h3-4,6,8,10H,5,7,9H2,1-2H3,(H,19,20)/b18-16-. The van der Waals surface area contributed by atoms with Crippen LogP contribution in [0.3, 0.4) is 0 Å². The van der Waals surface area contributed by atoms with Crippen LogP contribution in [0.2, 0.25) is 0 Å². The van der Waals surface area contributed by atoms with E-state index in [0.717, 1.165) is 36.3 Å². The Morgan fingerprint density at radius 3 is 2.81 bits per heavy atom. The van der Waals surface area contributed by atoms with Crippen molar-refractivity contribution in [1.29, 1.82) is 0 Å². The van der Waals surface area contributed by atoms with Gasteiger partial charge in [0.25, 0.3) is 5.91 Å².